The number of aryl methyl sites for hydroxylation is 1. The number of nitrogens with zero attached hydrogens (tertiary/aromatic N) is 2. The van der Waals surface area contributed by atoms with Gasteiger partial charge in [-0.25, -0.2) is 8.42 Å². The Balaban J connectivity index is 1.91. The zero-order valence-electron chi connectivity index (χ0n) is 12.7. The lowest BCUT2D eigenvalue weighted by atomic mass is 10.1. The molecule has 0 unspecified atom stereocenters. The van der Waals surface area contributed by atoms with E-state index in [1.54, 1.807) is 29.9 Å². The highest BCUT2D eigenvalue weighted by Crippen LogP contribution is 2.24. The molecule has 0 bridgehead atoms. The molecule has 122 valence electrons. The van der Waals surface area contributed by atoms with Gasteiger partial charge in [-0.1, -0.05) is 12.1 Å². The summed E-state index contributed by atoms with van der Waals surface area (Å²) in [5.41, 5.74) is 8.58. The van der Waals surface area contributed by atoms with Gasteiger partial charge >= 0.3 is 0 Å². The predicted octanol–water partition coefficient (Wildman–Crippen LogP) is 0.602. The quantitative estimate of drug-likeness (QED) is 0.855. The Hall–Kier alpha value is -2.19. The van der Waals surface area contributed by atoms with Crippen LogP contribution in [0.2, 0.25) is 0 Å². The second-order valence-electron chi connectivity index (χ2n) is 5.60. The molecule has 0 saturated carbocycles. The summed E-state index contributed by atoms with van der Waals surface area (Å²) in [5, 5.41) is 6.97. The fraction of sp³-hybridized carbons (Fsp3) is 0.333. The second kappa shape index (κ2) is 5.78. The van der Waals surface area contributed by atoms with Crippen molar-refractivity contribution < 1.29 is 13.2 Å². The Labute approximate surface area is 134 Å². The van der Waals surface area contributed by atoms with Gasteiger partial charge in [-0.3, -0.25) is 9.48 Å². The average Bonchev–Trinajstić information content (AvgIpc) is 2.82. The van der Waals surface area contributed by atoms with E-state index < -0.39 is 15.7 Å². The number of aromatic nitrogens is 2. The molecule has 3 rings (SSSR count). The van der Waals surface area contributed by atoms with Gasteiger partial charge in [0.2, 0.25) is 0 Å². The number of carbonyl (C=O) groups excluding carboxylic acids is 1. The zero-order chi connectivity index (χ0) is 16.6. The molecular weight excluding hydrogens is 316 g/mol. The van der Waals surface area contributed by atoms with Crippen LogP contribution in [-0.2, 0) is 35.6 Å². The Morgan fingerprint density at radius 2 is 2.22 bits per heavy atom. The normalized spacial score (nSPS) is 15.9. The van der Waals surface area contributed by atoms with Gasteiger partial charge in [-0.05, 0) is 17.7 Å². The van der Waals surface area contributed by atoms with Gasteiger partial charge in [-0.2, -0.15) is 5.10 Å². The highest BCUT2D eigenvalue weighted by molar-refractivity contribution is 7.90. The third-order valence-corrected chi connectivity index (χ3v) is 5.48. The number of anilines is 1. The summed E-state index contributed by atoms with van der Waals surface area (Å²) in [6, 6.07) is 7.20. The van der Waals surface area contributed by atoms with Gasteiger partial charge in [0.05, 0.1) is 11.5 Å². The van der Waals surface area contributed by atoms with Crippen LogP contribution >= 0.6 is 0 Å². The van der Waals surface area contributed by atoms with E-state index in [2.05, 4.69) is 10.4 Å². The number of sulfone groups is 1. The number of nitrogens with one attached hydrogen (secondary N) is 1. The highest BCUT2D eigenvalue weighted by Gasteiger charge is 2.30. The molecule has 1 aliphatic heterocycles. The Bertz CT molecular complexity index is 871. The van der Waals surface area contributed by atoms with E-state index in [0.29, 0.717) is 24.2 Å². The van der Waals surface area contributed by atoms with Gasteiger partial charge in [0.25, 0.3) is 5.91 Å². The van der Waals surface area contributed by atoms with E-state index in [4.69, 9.17) is 5.73 Å². The molecule has 0 fully saturated rings. The van der Waals surface area contributed by atoms with Crippen LogP contribution in [0, 0.1) is 0 Å². The standard InChI is InChI=1S/C15H18N4O3S/c1-19-13-5-6-23(21,22)9-12(13)14(18-19)15(20)17-11-4-2-3-10(7-11)8-16/h2-4,7H,5-6,8-9,16H2,1H3,(H,17,20). The molecule has 0 aliphatic carbocycles. The zero-order valence-corrected chi connectivity index (χ0v) is 13.6. The first-order chi connectivity index (χ1) is 10.9. The van der Waals surface area contributed by atoms with Crippen LogP contribution in [0.15, 0.2) is 24.3 Å². The molecule has 23 heavy (non-hydrogen) atoms. The molecule has 0 radical (unpaired) electrons. The van der Waals surface area contributed by atoms with Crippen molar-refractivity contribution in [1.82, 2.24) is 9.78 Å². The van der Waals surface area contributed by atoms with Crippen LogP contribution in [0.1, 0.15) is 27.3 Å². The van der Waals surface area contributed by atoms with Crippen molar-refractivity contribution in [2.24, 2.45) is 12.8 Å². The highest BCUT2D eigenvalue weighted by atomic mass is 32.2. The van der Waals surface area contributed by atoms with Crippen molar-refractivity contribution in [3.8, 4) is 0 Å². The molecule has 1 aromatic carbocycles. The Kier molecular flexibility index (Phi) is 3.95. The smallest absolute Gasteiger partial charge is 0.276 e. The lowest BCUT2D eigenvalue weighted by Crippen LogP contribution is -2.22. The van der Waals surface area contributed by atoms with Crippen molar-refractivity contribution in [3.63, 3.8) is 0 Å². The molecule has 3 N–H and O–H groups in total. The SMILES string of the molecule is Cn1nc(C(=O)Nc2cccc(CN)c2)c2c1CCS(=O)(=O)C2. The van der Waals surface area contributed by atoms with Gasteiger partial charge in [0, 0.05) is 37.0 Å². The second-order valence-corrected chi connectivity index (χ2v) is 7.78. The fourth-order valence-corrected chi connectivity index (χ4v) is 4.15. The van der Waals surface area contributed by atoms with Crippen molar-refractivity contribution in [3.05, 3.63) is 46.8 Å². The molecule has 2 aromatic rings. The number of fused-ring (bicyclic) bond motifs is 1. The number of hydrogen-bond acceptors (Lipinski definition) is 5. The monoisotopic (exact) mass is 334 g/mol. The van der Waals surface area contributed by atoms with Crippen molar-refractivity contribution in [2.45, 2.75) is 18.7 Å². The van der Waals surface area contributed by atoms with Crippen LogP contribution in [0.25, 0.3) is 0 Å². The van der Waals surface area contributed by atoms with Crippen molar-refractivity contribution >= 4 is 21.4 Å². The molecule has 7 nitrogen and oxygen atoms in total. The van der Waals surface area contributed by atoms with E-state index in [1.165, 1.54) is 0 Å². The number of hydrogen-bond donors (Lipinski definition) is 2. The molecule has 0 saturated heterocycles. The minimum atomic E-state index is -3.17. The maximum Gasteiger partial charge on any atom is 0.276 e. The molecule has 1 aliphatic rings. The van der Waals surface area contributed by atoms with Crippen molar-refractivity contribution in [1.29, 1.82) is 0 Å². The minimum Gasteiger partial charge on any atom is -0.326 e. The van der Waals surface area contributed by atoms with Crippen LogP contribution in [-0.4, -0.2) is 29.9 Å². The van der Waals surface area contributed by atoms with E-state index in [1.807, 2.05) is 6.07 Å². The third-order valence-electron chi connectivity index (χ3n) is 3.92. The topological polar surface area (TPSA) is 107 Å². The largest absolute Gasteiger partial charge is 0.326 e. The summed E-state index contributed by atoms with van der Waals surface area (Å²) < 4.78 is 25.3. The molecule has 0 spiro atoms. The predicted molar refractivity (Wildman–Crippen MR) is 86.7 cm³/mol. The summed E-state index contributed by atoms with van der Waals surface area (Å²) in [6.45, 7) is 0.376. The average molecular weight is 334 g/mol. The Morgan fingerprint density at radius 1 is 1.43 bits per heavy atom. The van der Waals surface area contributed by atoms with E-state index >= 15 is 0 Å². The van der Waals surface area contributed by atoms with Gasteiger partial charge in [0.1, 0.15) is 0 Å². The van der Waals surface area contributed by atoms with Gasteiger partial charge in [-0.15, -0.1) is 0 Å². The summed E-state index contributed by atoms with van der Waals surface area (Å²) in [6.07, 6.45) is 0.386. The summed E-state index contributed by atoms with van der Waals surface area (Å²) >= 11 is 0. The van der Waals surface area contributed by atoms with E-state index in [-0.39, 0.29) is 17.2 Å². The summed E-state index contributed by atoms with van der Waals surface area (Å²) in [5.74, 6) is -0.450. The number of nitrogens with two attached hydrogens (primary N) is 1. The lowest BCUT2D eigenvalue weighted by Gasteiger charge is -2.13. The molecule has 8 heteroatoms. The van der Waals surface area contributed by atoms with Crippen molar-refractivity contribution in [2.75, 3.05) is 11.1 Å². The van der Waals surface area contributed by atoms with Gasteiger partial charge < -0.3 is 11.1 Å². The molecular formula is C15H18N4O3S. The van der Waals surface area contributed by atoms with Crippen LogP contribution in [0.3, 0.4) is 0 Å². The minimum absolute atomic E-state index is 0.0964. The maximum atomic E-state index is 12.5. The number of amides is 1. The first-order valence-electron chi connectivity index (χ1n) is 7.25. The first kappa shape index (κ1) is 15.7. The summed E-state index contributed by atoms with van der Waals surface area (Å²) in [4.78, 5) is 12.5. The maximum absolute atomic E-state index is 12.5. The van der Waals surface area contributed by atoms with E-state index in [9.17, 15) is 13.2 Å². The number of rotatable bonds is 3. The van der Waals surface area contributed by atoms with Crippen LogP contribution in [0.4, 0.5) is 5.69 Å². The molecule has 1 amide bonds. The number of carbonyl (C=O) groups is 1. The van der Waals surface area contributed by atoms with Crippen LogP contribution in [0.5, 0.6) is 0 Å². The molecule has 1 aromatic heterocycles. The summed E-state index contributed by atoms with van der Waals surface area (Å²) in [7, 11) is -1.45. The van der Waals surface area contributed by atoms with Gasteiger partial charge in [0.15, 0.2) is 15.5 Å². The number of benzene rings is 1. The molecule has 0 atom stereocenters. The van der Waals surface area contributed by atoms with E-state index in [0.717, 1.165) is 11.3 Å². The lowest BCUT2D eigenvalue weighted by molar-refractivity contribution is 0.102. The third kappa shape index (κ3) is 3.13. The fourth-order valence-electron chi connectivity index (χ4n) is 2.76. The Morgan fingerprint density at radius 3 is 2.96 bits per heavy atom. The molecule has 2 heterocycles. The van der Waals surface area contributed by atoms with Crippen LogP contribution < -0.4 is 11.1 Å². The first-order valence-corrected chi connectivity index (χ1v) is 9.07.